The molecule has 3 aromatic heterocycles. The number of amides is 1. The third-order valence-electron chi connectivity index (χ3n) is 7.29. The van der Waals surface area contributed by atoms with Gasteiger partial charge in [0.05, 0.1) is 38.6 Å². The molecule has 230 valence electrons. The molecule has 0 spiro atoms. The van der Waals surface area contributed by atoms with E-state index >= 15 is 0 Å². The Morgan fingerprint density at radius 3 is 2.42 bits per heavy atom. The normalized spacial score (nSPS) is 16.0. The number of aliphatic hydroxyl groups is 1. The number of benzene rings is 2. The van der Waals surface area contributed by atoms with Crippen molar-refractivity contribution in [2.75, 3.05) is 26.2 Å². The monoisotopic (exact) mass is 663 g/mol. The summed E-state index contributed by atoms with van der Waals surface area (Å²) in [6.07, 6.45) is 1.72. The third kappa shape index (κ3) is 5.36. The molecular weight excluding hydrogens is 638 g/mol. The number of imidazole rings is 1. The van der Waals surface area contributed by atoms with Crippen molar-refractivity contribution in [3.05, 3.63) is 93.9 Å². The van der Waals surface area contributed by atoms with Gasteiger partial charge >= 0.3 is 5.91 Å². The Bertz CT molecular complexity index is 1970. The number of Topliss-reactive ketones (excluding diaryl/α,β-unsaturated/α-hetero) is 1. The average molecular weight is 664 g/mol. The number of pyridine rings is 1. The Kier molecular flexibility index (Phi) is 8.40. The first kappa shape index (κ1) is 30.4. The van der Waals surface area contributed by atoms with Crippen LogP contribution in [-0.4, -0.2) is 57.7 Å². The summed E-state index contributed by atoms with van der Waals surface area (Å²) in [5, 5.41) is 21.2. The van der Waals surface area contributed by atoms with E-state index in [1.807, 2.05) is 30.3 Å². The van der Waals surface area contributed by atoms with E-state index in [1.54, 1.807) is 41.8 Å². The number of hydrogen-bond donors (Lipinski definition) is 1. The van der Waals surface area contributed by atoms with E-state index < -0.39 is 17.7 Å². The first-order chi connectivity index (χ1) is 21.8. The number of hydrogen-bond acceptors (Lipinski definition) is 11. The lowest BCUT2D eigenvalue weighted by Crippen LogP contribution is -2.29. The maximum absolute atomic E-state index is 13.9. The molecule has 0 radical (unpaired) electrons. The van der Waals surface area contributed by atoms with Gasteiger partial charge in [0, 0.05) is 17.0 Å². The number of aryl methyl sites for hydroxylation is 1. The molecule has 1 saturated heterocycles. The van der Waals surface area contributed by atoms with Crippen LogP contribution in [0.4, 0.5) is 5.13 Å². The highest BCUT2D eigenvalue weighted by Crippen LogP contribution is 2.48. The number of rotatable bonds is 9. The van der Waals surface area contributed by atoms with Crippen molar-refractivity contribution < 1.29 is 28.9 Å². The molecule has 1 atom stereocenters. The zero-order chi connectivity index (χ0) is 31.8. The van der Waals surface area contributed by atoms with Gasteiger partial charge in [-0.2, -0.15) is 0 Å². The molecule has 2 aromatic carbocycles. The Hall–Kier alpha value is -4.59. The molecule has 0 bridgehead atoms. The Morgan fingerprint density at radius 2 is 1.73 bits per heavy atom. The highest BCUT2D eigenvalue weighted by atomic mass is 35.5. The number of aliphatic hydroxyl groups excluding tert-OH is 1. The van der Waals surface area contributed by atoms with Crippen LogP contribution < -0.4 is 19.1 Å². The standard InChI is InChI=1S/C31H26ClN5O6S2/c1-16-24(36-12-8-7-11-22(36)33-16)26(38)23-25(18-13-20(41-2)28(43-4)21(14-18)42-3)37(29(40)27(23)39)30-34-35-31(45-30)44-15-17-9-5-6-10-19(17)32/h5-14,25,38H,15H2,1-4H3. The van der Waals surface area contributed by atoms with Crippen LogP contribution in [0.1, 0.15) is 28.6 Å². The first-order valence-electron chi connectivity index (χ1n) is 13.5. The van der Waals surface area contributed by atoms with Crippen LogP contribution in [0.5, 0.6) is 17.2 Å². The van der Waals surface area contributed by atoms with Crippen molar-refractivity contribution in [2.24, 2.45) is 0 Å². The predicted molar refractivity (Wildman–Crippen MR) is 172 cm³/mol. The number of thioether (sulfide) groups is 1. The number of carbonyl (C=O) groups excluding carboxylic acids is 2. The van der Waals surface area contributed by atoms with Crippen LogP contribution >= 0.6 is 34.7 Å². The zero-order valence-electron chi connectivity index (χ0n) is 24.5. The van der Waals surface area contributed by atoms with Crippen LogP contribution in [0.25, 0.3) is 11.4 Å². The molecule has 1 unspecified atom stereocenters. The highest BCUT2D eigenvalue weighted by Gasteiger charge is 2.49. The minimum Gasteiger partial charge on any atom is -0.505 e. The fourth-order valence-corrected chi connectivity index (χ4v) is 7.40. The number of ether oxygens (including phenoxy) is 3. The first-order valence-corrected chi connectivity index (χ1v) is 15.7. The Labute approximate surface area is 271 Å². The number of halogens is 1. The smallest absolute Gasteiger partial charge is 0.301 e. The highest BCUT2D eigenvalue weighted by molar-refractivity contribution is 8.00. The van der Waals surface area contributed by atoms with Gasteiger partial charge in [-0.1, -0.05) is 59.0 Å². The van der Waals surface area contributed by atoms with Gasteiger partial charge in [-0.3, -0.25) is 18.9 Å². The van der Waals surface area contributed by atoms with Gasteiger partial charge in [-0.15, -0.1) is 10.2 Å². The van der Waals surface area contributed by atoms with Gasteiger partial charge in [0.15, 0.2) is 21.6 Å². The third-order valence-corrected chi connectivity index (χ3v) is 9.76. The zero-order valence-corrected chi connectivity index (χ0v) is 26.9. The molecule has 6 rings (SSSR count). The maximum atomic E-state index is 13.9. The van der Waals surface area contributed by atoms with Gasteiger partial charge in [0.1, 0.15) is 11.3 Å². The molecule has 5 aromatic rings. The van der Waals surface area contributed by atoms with Crippen LogP contribution in [0, 0.1) is 6.92 Å². The van der Waals surface area contributed by atoms with E-state index in [2.05, 4.69) is 15.2 Å². The van der Waals surface area contributed by atoms with Crippen LogP contribution in [-0.2, 0) is 15.3 Å². The maximum Gasteiger partial charge on any atom is 0.301 e. The van der Waals surface area contributed by atoms with Crippen molar-refractivity contribution in [1.82, 2.24) is 19.6 Å². The molecule has 1 aliphatic heterocycles. The molecule has 1 N–H and O–H groups in total. The topological polar surface area (TPSA) is 128 Å². The fourth-order valence-electron chi connectivity index (χ4n) is 5.24. The van der Waals surface area contributed by atoms with Crippen LogP contribution in [0.2, 0.25) is 5.02 Å². The summed E-state index contributed by atoms with van der Waals surface area (Å²) in [6.45, 7) is 1.72. The van der Waals surface area contributed by atoms with Crippen molar-refractivity contribution in [2.45, 2.75) is 23.1 Å². The molecule has 0 aliphatic carbocycles. The lowest BCUT2D eigenvalue weighted by atomic mass is 9.95. The van der Waals surface area contributed by atoms with E-state index in [4.69, 9.17) is 25.8 Å². The van der Waals surface area contributed by atoms with Gasteiger partial charge < -0.3 is 19.3 Å². The largest absolute Gasteiger partial charge is 0.505 e. The molecule has 1 aliphatic rings. The summed E-state index contributed by atoms with van der Waals surface area (Å²) >= 11 is 8.87. The van der Waals surface area contributed by atoms with E-state index in [-0.39, 0.29) is 22.2 Å². The fraction of sp³-hybridized carbons (Fsp3) is 0.194. The molecule has 4 heterocycles. The lowest BCUT2D eigenvalue weighted by molar-refractivity contribution is -0.132. The minimum absolute atomic E-state index is 0.150. The second-order valence-corrected chi connectivity index (χ2v) is 12.4. The van der Waals surface area contributed by atoms with Crippen molar-refractivity contribution in [3.63, 3.8) is 0 Å². The van der Waals surface area contributed by atoms with Crippen molar-refractivity contribution in [3.8, 4) is 17.2 Å². The summed E-state index contributed by atoms with van der Waals surface area (Å²) in [5.41, 5.74) is 2.51. The summed E-state index contributed by atoms with van der Waals surface area (Å²) < 4.78 is 18.9. The second-order valence-electron chi connectivity index (χ2n) is 9.83. The number of carbonyl (C=O) groups is 2. The molecule has 11 nitrogen and oxygen atoms in total. The predicted octanol–water partition coefficient (Wildman–Crippen LogP) is 6.09. The van der Waals surface area contributed by atoms with Gasteiger partial charge in [0.25, 0.3) is 5.78 Å². The van der Waals surface area contributed by atoms with Crippen LogP contribution in [0.15, 0.2) is 70.7 Å². The molecule has 0 saturated carbocycles. The minimum atomic E-state index is -1.12. The Morgan fingerprint density at radius 1 is 1.02 bits per heavy atom. The summed E-state index contributed by atoms with van der Waals surface area (Å²) in [7, 11) is 4.41. The number of ketones is 1. The SMILES string of the molecule is COc1cc(C2C(=C(O)c3c(C)nc4ccccn34)C(=O)C(=O)N2c2nnc(SCc3ccccc3Cl)s2)cc(OC)c1OC. The molecule has 45 heavy (non-hydrogen) atoms. The van der Waals surface area contributed by atoms with Gasteiger partial charge in [-0.25, -0.2) is 4.98 Å². The molecule has 14 heteroatoms. The van der Waals surface area contributed by atoms with Crippen molar-refractivity contribution >= 4 is 62.9 Å². The Balaban J connectivity index is 1.51. The number of aromatic nitrogens is 4. The number of fused-ring (bicyclic) bond motifs is 1. The summed E-state index contributed by atoms with van der Waals surface area (Å²) in [4.78, 5) is 33.4. The van der Waals surface area contributed by atoms with E-state index in [0.717, 1.165) is 16.9 Å². The lowest BCUT2D eigenvalue weighted by Gasteiger charge is -2.24. The van der Waals surface area contributed by atoms with E-state index in [0.29, 0.717) is 49.3 Å². The van der Waals surface area contributed by atoms with Crippen molar-refractivity contribution in [1.29, 1.82) is 0 Å². The summed E-state index contributed by atoms with van der Waals surface area (Å²) in [6, 6.07) is 15.0. The van der Waals surface area contributed by atoms with Gasteiger partial charge in [-0.05, 0) is 48.4 Å². The number of nitrogens with zero attached hydrogens (tertiary/aromatic N) is 5. The molecular formula is C31H26ClN5O6S2. The quantitative estimate of drug-likeness (QED) is 0.0650. The number of methoxy groups -OCH3 is 3. The van der Waals surface area contributed by atoms with Gasteiger partial charge in [0.2, 0.25) is 10.9 Å². The average Bonchev–Trinajstić information content (AvgIpc) is 3.72. The molecule has 1 fully saturated rings. The second kappa shape index (κ2) is 12.4. The number of anilines is 1. The van der Waals surface area contributed by atoms with Crippen LogP contribution in [0.3, 0.4) is 0 Å². The van der Waals surface area contributed by atoms with E-state index in [1.165, 1.54) is 38.0 Å². The summed E-state index contributed by atoms with van der Waals surface area (Å²) in [5.74, 6) is -0.696. The van der Waals surface area contributed by atoms with E-state index in [9.17, 15) is 14.7 Å². The molecule has 1 amide bonds.